The van der Waals surface area contributed by atoms with Crippen molar-refractivity contribution >= 4 is 23.5 Å². The molecule has 6 heteroatoms. The van der Waals surface area contributed by atoms with E-state index in [9.17, 15) is 19.7 Å². The third-order valence-electron chi connectivity index (χ3n) is 4.02. The first kappa shape index (κ1) is 19.1. The summed E-state index contributed by atoms with van der Waals surface area (Å²) in [7, 11) is 0. The molecule has 0 saturated heterocycles. The largest absolute Gasteiger partial charge is 0.454 e. The summed E-state index contributed by atoms with van der Waals surface area (Å²) in [5, 5.41) is 10.9. The van der Waals surface area contributed by atoms with Crippen molar-refractivity contribution in [2.75, 3.05) is 6.61 Å². The maximum atomic E-state index is 12.3. The molecule has 0 bridgehead atoms. The van der Waals surface area contributed by atoms with Crippen molar-refractivity contribution in [1.82, 2.24) is 0 Å². The Morgan fingerprint density at radius 3 is 2.42 bits per heavy atom. The van der Waals surface area contributed by atoms with Crippen LogP contribution in [0.25, 0.3) is 6.08 Å². The Morgan fingerprint density at radius 1 is 1.08 bits per heavy atom. The molecule has 0 aliphatic carbocycles. The number of carbonyl (C=O) groups excluding carboxylic acids is 2. The summed E-state index contributed by atoms with van der Waals surface area (Å²) in [4.78, 5) is 34.5. The van der Waals surface area contributed by atoms with Crippen LogP contribution in [-0.2, 0) is 9.53 Å². The zero-order chi connectivity index (χ0) is 19.3. The van der Waals surface area contributed by atoms with Crippen LogP contribution in [0.15, 0.2) is 42.5 Å². The molecule has 0 spiro atoms. The van der Waals surface area contributed by atoms with Crippen molar-refractivity contribution in [2.24, 2.45) is 0 Å². The van der Waals surface area contributed by atoms with Crippen LogP contribution in [0.5, 0.6) is 0 Å². The molecule has 0 atom stereocenters. The Hall–Kier alpha value is -3.28. The molecule has 0 radical (unpaired) electrons. The Labute approximate surface area is 151 Å². The van der Waals surface area contributed by atoms with Gasteiger partial charge in [-0.2, -0.15) is 0 Å². The first-order valence-corrected chi connectivity index (χ1v) is 7.99. The number of nitrogens with zero attached hydrogens (tertiary/aromatic N) is 1. The number of ether oxygens (including phenoxy) is 1. The van der Waals surface area contributed by atoms with E-state index in [0.29, 0.717) is 5.56 Å². The van der Waals surface area contributed by atoms with E-state index < -0.39 is 10.9 Å². The van der Waals surface area contributed by atoms with Crippen molar-refractivity contribution in [3.05, 3.63) is 80.4 Å². The molecule has 2 rings (SSSR count). The maximum absolute atomic E-state index is 12.3. The smallest absolute Gasteiger partial charge is 0.331 e. The summed E-state index contributed by atoms with van der Waals surface area (Å²) in [5.41, 5.74) is 3.59. The van der Waals surface area contributed by atoms with Gasteiger partial charge in [-0.25, -0.2) is 4.79 Å². The van der Waals surface area contributed by atoms with Crippen molar-refractivity contribution in [3.63, 3.8) is 0 Å². The number of ketones is 1. The third-order valence-corrected chi connectivity index (χ3v) is 4.02. The van der Waals surface area contributed by atoms with E-state index in [0.717, 1.165) is 22.8 Å². The van der Waals surface area contributed by atoms with E-state index in [1.165, 1.54) is 18.2 Å². The van der Waals surface area contributed by atoms with Crippen LogP contribution in [0.2, 0.25) is 0 Å². The lowest BCUT2D eigenvalue weighted by Gasteiger charge is -2.09. The zero-order valence-electron chi connectivity index (χ0n) is 14.8. The minimum absolute atomic E-state index is 0.113. The van der Waals surface area contributed by atoms with Crippen LogP contribution < -0.4 is 0 Å². The lowest BCUT2D eigenvalue weighted by Crippen LogP contribution is -2.14. The van der Waals surface area contributed by atoms with E-state index in [1.54, 1.807) is 18.2 Å². The molecule has 0 aliphatic rings. The summed E-state index contributed by atoms with van der Waals surface area (Å²) in [5.74, 6) is -1.03. The number of para-hydroxylation sites is 1. The lowest BCUT2D eigenvalue weighted by atomic mass is 9.98. The second-order valence-corrected chi connectivity index (χ2v) is 5.93. The summed E-state index contributed by atoms with van der Waals surface area (Å²) in [6.45, 7) is 5.32. The quantitative estimate of drug-likeness (QED) is 0.258. The summed E-state index contributed by atoms with van der Waals surface area (Å²) < 4.78 is 4.96. The van der Waals surface area contributed by atoms with Gasteiger partial charge in [0.05, 0.1) is 10.5 Å². The highest BCUT2D eigenvalue weighted by molar-refractivity contribution is 6.00. The molecule has 2 aromatic rings. The lowest BCUT2D eigenvalue weighted by molar-refractivity contribution is -0.385. The van der Waals surface area contributed by atoms with Gasteiger partial charge in [0.15, 0.2) is 6.61 Å². The Bertz CT molecular complexity index is 899. The van der Waals surface area contributed by atoms with Gasteiger partial charge in [-0.1, -0.05) is 18.2 Å². The standard InChI is InChI=1S/C20H19NO5/c1-13-10-15(3)17(11-14(13)2)19(22)12-26-20(23)9-8-16-6-4-5-7-18(16)21(24)25/h4-11H,12H2,1-3H3/b9-8+. The second kappa shape index (κ2) is 8.20. The van der Waals surface area contributed by atoms with Crippen LogP contribution in [-0.4, -0.2) is 23.3 Å². The van der Waals surface area contributed by atoms with Gasteiger partial charge >= 0.3 is 5.97 Å². The fraction of sp³-hybridized carbons (Fsp3) is 0.200. The molecule has 0 aromatic heterocycles. The fourth-order valence-corrected chi connectivity index (χ4v) is 2.48. The molecule has 134 valence electrons. The predicted molar refractivity (Wildman–Crippen MR) is 98.1 cm³/mol. The molecule has 0 N–H and O–H groups in total. The number of rotatable bonds is 6. The number of aryl methyl sites for hydroxylation is 3. The Kier molecular flexibility index (Phi) is 6.01. The Balaban J connectivity index is 2.02. The van der Waals surface area contributed by atoms with Gasteiger partial charge in [0, 0.05) is 17.7 Å². The number of esters is 1. The van der Waals surface area contributed by atoms with Gasteiger partial charge < -0.3 is 4.74 Å². The van der Waals surface area contributed by atoms with E-state index in [1.807, 2.05) is 26.8 Å². The minimum atomic E-state index is -0.738. The number of Topliss-reactive ketones (excluding diaryl/α,β-unsaturated/α-hetero) is 1. The molecule has 0 heterocycles. The number of nitro benzene ring substituents is 1. The van der Waals surface area contributed by atoms with Gasteiger partial charge in [-0.15, -0.1) is 0 Å². The average molecular weight is 353 g/mol. The molecule has 0 fully saturated rings. The van der Waals surface area contributed by atoms with Gasteiger partial charge in [-0.3, -0.25) is 14.9 Å². The molecule has 0 aliphatic heterocycles. The first-order valence-electron chi connectivity index (χ1n) is 7.99. The Morgan fingerprint density at radius 2 is 1.73 bits per heavy atom. The van der Waals surface area contributed by atoms with Gasteiger partial charge in [0.25, 0.3) is 5.69 Å². The molecule has 0 amide bonds. The van der Waals surface area contributed by atoms with Gasteiger partial charge in [0.1, 0.15) is 0 Å². The van der Waals surface area contributed by atoms with Crippen LogP contribution >= 0.6 is 0 Å². The molecular formula is C20H19NO5. The molecule has 0 saturated carbocycles. The molecule has 6 nitrogen and oxygen atoms in total. The van der Waals surface area contributed by atoms with Crippen molar-refractivity contribution in [3.8, 4) is 0 Å². The van der Waals surface area contributed by atoms with Crippen LogP contribution in [0.4, 0.5) is 5.69 Å². The zero-order valence-corrected chi connectivity index (χ0v) is 14.8. The second-order valence-electron chi connectivity index (χ2n) is 5.93. The number of benzene rings is 2. The molecule has 26 heavy (non-hydrogen) atoms. The van der Waals surface area contributed by atoms with Crippen LogP contribution in [0, 0.1) is 30.9 Å². The minimum Gasteiger partial charge on any atom is -0.454 e. The van der Waals surface area contributed by atoms with Crippen molar-refractivity contribution < 1.29 is 19.2 Å². The van der Waals surface area contributed by atoms with E-state index in [2.05, 4.69) is 0 Å². The van der Waals surface area contributed by atoms with E-state index in [4.69, 9.17) is 4.74 Å². The highest BCUT2D eigenvalue weighted by atomic mass is 16.6. The van der Waals surface area contributed by atoms with E-state index in [-0.39, 0.29) is 23.6 Å². The SMILES string of the molecule is Cc1cc(C)c(C(=O)COC(=O)/C=C/c2ccccc2[N+](=O)[O-])cc1C. The highest BCUT2D eigenvalue weighted by Crippen LogP contribution is 2.19. The van der Waals surface area contributed by atoms with Crippen molar-refractivity contribution in [1.29, 1.82) is 0 Å². The first-order chi connectivity index (χ1) is 12.3. The fourth-order valence-electron chi connectivity index (χ4n) is 2.48. The third kappa shape index (κ3) is 4.63. The van der Waals surface area contributed by atoms with Crippen LogP contribution in [0.1, 0.15) is 32.6 Å². The number of nitro groups is 1. The maximum Gasteiger partial charge on any atom is 0.331 e. The number of hydrogen-bond acceptors (Lipinski definition) is 5. The average Bonchev–Trinajstić information content (AvgIpc) is 2.61. The summed E-state index contributed by atoms with van der Waals surface area (Å²) in [6.07, 6.45) is 2.37. The normalized spacial score (nSPS) is 10.7. The topological polar surface area (TPSA) is 86.5 Å². The molecule has 2 aromatic carbocycles. The molecular weight excluding hydrogens is 334 g/mol. The summed E-state index contributed by atoms with van der Waals surface area (Å²) >= 11 is 0. The summed E-state index contributed by atoms with van der Waals surface area (Å²) in [6, 6.07) is 9.73. The monoisotopic (exact) mass is 353 g/mol. The predicted octanol–water partition coefficient (Wildman–Crippen LogP) is 3.96. The van der Waals surface area contributed by atoms with Crippen LogP contribution in [0.3, 0.4) is 0 Å². The van der Waals surface area contributed by atoms with E-state index >= 15 is 0 Å². The molecule has 0 unspecified atom stereocenters. The number of hydrogen-bond donors (Lipinski definition) is 0. The highest BCUT2D eigenvalue weighted by Gasteiger charge is 2.13. The number of carbonyl (C=O) groups is 2. The van der Waals surface area contributed by atoms with Gasteiger partial charge in [0.2, 0.25) is 5.78 Å². The van der Waals surface area contributed by atoms with Crippen molar-refractivity contribution in [2.45, 2.75) is 20.8 Å². The van der Waals surface area contributed by atoms with Gasteiger partial charge in [-0.05, 0) is 55.7 Å².